The molecule has 0 aromatic heterocycles. The molecule has 0 radical (unpaired) electrons. The SMILES string of the molecule is Cc1ccc(C2=[N+]([O-])c3cc(C)ccc3C2=O)cc1. The third-order valence-electron chi connectivity index (χ3n) is 3.36. The smallest absolute Gasteiger partial charge is 0.272 e. The van der Waals surface area contributed by atoms with Gasteiger partial charge in [-0.2, -0.15) is 4.74 Å². The molecule has 0 atom stereocenters. The first-order valence-electron chi connectivity index (χ1n) is 6.14. The Labute approximate surface area is 111 Å². The van der Waals surface area contributed by atoms with E-state index in [4.69, 9.17) is 0 Å². The topological polar surface area (TPSA) is 43.1 Å². The van der Waals surface area contributed by atoms with E-state index < -0.39 is 0 Å². The summed E-state index contributed by atoms with van der Waals surface area (Å²) in [6.45, 7) is 3.88. The molecule has 0 fully saturated rings. The van der Waals surface area contributed by atoms with E-state index in [0.29, 0.717) is 16.8 Å². The summed E-state index contributed by atoms with van der Waals surface area (Å²) in [4.78, 5) is 12.3. The molecule has 0 aliphatic carbocycles. The van der Waals surface area contributed by atoms with Crippen molar-refractivity contribution in [1.29, 1.82) is 0 Å². The van der Waals surface area contributed by atoms with Crippen LogP contribution >= 0.6 is 0 Å². The van der Waals surface area contributed by atoms with Gasteiger partial charge in [0.25, 0.3) is 11.5 Å². The van der Waals surface area contributed by atoms with Gasteiger partial charge < -0.3 is 5.21 Å². The predicted molar refractivity (Wildman–Crippen MR) is 74.1 cm³/mol. The van der Waals surface area contributed by atoms with E-state index in [2.05, 4.69) is 0 Å². The van der Waals surface area contributed by atoms with E-state index in [1.165, 1.54) is 0 Å². The lowest BCUT2D eigenvalue weighted by Crippen LogP contribution is -2.16. The minimum atomic E-state index is -0.200. The second-order valence-corrected chi connectivity index (χ2v) is 4.86. The number of hydrogen-bond acceptors (Lipinski definition) is 2. The number of benzene rings is 2. The maximum atomic E-state index is 12.3. The lowest BCUT2D eigenvalue weighted by atomic mass is 10.0. The summed E-state index contributed by atoms with van der Waals surface area (Å²) in [6, 6.07) is 12.7. The van der Waals surface area contributed by atoms with E-state index >= 15 is 0 Å². The maximum Gasteiger partial charge on any atom is 0.272 e. The van der Waals surface area contributed by atoms with Crippen molar-refractivity contribution in [1.82, 2.24) is 0 Å². The minimum absolute atomic E-state index is 0.200. The molecule has 2 aromatic carbocycles. The average Bonchev–Trinajstić information content (AvgIpc) is 2.63. The second-order valence-electron chi connectivity index (χ2n) is 4.86. The van der Waals surface area contributed by atoms with E-state index in [9.17, 15) is 10.0 Å². The summed E-state index contributed by atoms with van der Waals surface area (Å²) in [5.41, 5.74) is 3.87. The van der Waals surface area contributed by atoms with Gasteiger partial charge in [0, 0.05) is 6.07 Å². The van der Waals surface area contributed by atoms with Crippen LogP contribution in [0.5, 0.6) is 0 Å². The molecule has 0 bridgehead atoms. The summed E-state index contributed by atoms with van der Waals surface area (Å²) in [5.74, 6) is -0.200. The van der Waals surface area contributed by atoms with Crippen molar-refractivity contribution in [3.63, 3.8) is 0 Å². The molecule has 19 heavy (non-hydrogen) atoms. The lowest BCUT2D eigenvalue weighted by Gasteiger charge is -2.02. The summed E-state index contributed by atoms with van der Waals surface area (Å²) >= 11 is 0. The van der Waals surface area contributed by atoms with E-state index in [1.807, 2.05) is 44.2 Å². The highest BCUT2D eigenvalue weighted by Gasteiger charge is 2.36. The van der Waals surface area contributed by atoms with Crippen LogP contribution in [0.3, 0.4) is 0 Å². The Balaban J connectivity index is 2.18. The average molecular weight is 251 g/mol. The number of carbonyl (C=O) groups excluding carboxylic acids is 1. The number of carbonyl (C=O) groups is 1. The van der Waals surface area contributed by atoms with E-state index in [1.54, 1.807) is 12.1 Å². The first-order valence-corrected chi connectivity index (χ1v) is 6.14. The molecule has 1 heterocycles. The molecule has 0 saturated carbocycles. The van der Waals surface area contributed by atoms with Gasteiger partial charge in [-0.3, -0.25) is 4.79 Å². The molecular formula is C16H13NO2. The Kier molecular flexibility index (Phi) is 2.49. The maximum absolute atomic E-state index is 12.3. The van der Waals surface area contributed by atoms with Gasteiger partial charge in [0.05, 0.1) is 5.56 Å². The zero-order valence-corrected chi connectivity index (χ0v) is 10.8. The van der Waals surface area contributed by atoms with E-state index in [-0.39, 0.29) is 11.5 Å². The molecule has 2 aromatic rings. The largest absolute Gasteiger partial charge is 0.618 e. The van der Waals surface area contributed by atoms with Crippen molar-refractivity contribution in [3.05, 3.63) is 69.9 Å². The van der Waals surface area contributed by atoms with Gasteiger partial charge in [0.1, 0.15) is 5.56 Å². The molecule has 3 rings (SSSR count). The molecule has 0 spiro atoms. The third kappa shape index (κ3) is 1.74. The summed E-state index contributed by atoms with van der Waals surface area (Å²) < 4.78 is 0.745. The van der Waals surface area contributed by atoms with E-state index in [0.717, 1.165) is 15.9 Å². The van der Waals surface area contributed by atoms with Crippen LogP contribution in [0.25, 0.3) is 0 Å². The molecule has 0 unspecified atom stereocenters. The summed E-state index contributed by atoms with van der Waals surface area (Å²) in [5, 5.41) is 12.3. The zero-order valence-electron chi connectivity index (χ0n) is 10.8. The first kappa shape index (κ1) is 11.7. The molecule has 1 aliphatic heterocycles. The molecule has 0 saturated heterocycles. The van der Waals surface area contributed by atoms with Gasteiger partial charge in [0.15, 0.2) is 0 Å². The number of hydrogen-bond donors (Lipinski definition) is 0. The van der Waals surface area contributed by atoms with Crippen molar-refractivity contribution in [2.75, 3.05) is 0 Å². The highest BCUT2D eigenvalue weighted by Crippen LogP contribution is 2.29. The summed E-state index contributed by atoms with van der Waals surface area (Å²) in [7, 11) is 0. The van der Waals surface area contributed by atoms with Crippen molar-refractivity contribution in [2.24, 2.45) is 0 Å². The molecule has 1 aliphatic rings. The molecule has 0 amide bonds. The minimum Gasteiger partial charge on any atom is -0.618 e. The van der Waals surface area contributed by atoms with Gasteiger partial charge in [-0.25, -0.2) is 0 Å². The number of Topliss-reactive ketones (excluding diaryl/α,β-unsaturated/α-hetero) is 1. The molecule has 94 valence electrons. The van der Waals surface area contributed by atoms with Gasteiger partial charge in [-0.1, -0.05) is 23.8 Å². The van der Waals surface area contributed by atoms with Crippen molar-refractivity contribution in [2.45, 2.75) is 13.8 Å². The molecule has 3 heteroatoms. The fourth-order valence-electron chi connectivity index (χ4n) is 2.30. The van der Waals surface area contributed by atoms with Crippen molar-refractivity contribution in [3.8, 4) is 0 Å². The van der Waals surface area contributed by atoms with Crippen LogP contribution in [-0.4, -0.2) is 16.2 Å². The quantitative estimate of drug-likeness (QED) is 0.577. The van der Waals surface area contributed by atoms with Crippen LogP contribution in [0.2, 0.25) is 0 Å². The lowest BCUT2D eigenvalue weighted by molar-refractivity contribution is -0.355. The summed E-state index contributed by atoms with van der Waals surface area (Å²) in [6.07, 6.45) is 0. The van der Waals surface area contributed by atoms with Crippen molar-refractivity contribution < 1.29 is 9.53 Å². The standard InChI is InChI=1S/C16H13NO2/c1-10-3-6-12(7-4-10)15-16(18)13-8-5-11(2)9-14(13)17(15)19/h3-9H,1-2H3. The molecule has 0 N–H and O–H groups in total. The van der Waals surface area contributed by atoms with Gasteiger partial charge >= 0.3 is 0 Å². The van der Waals surface area contributed by atoms with Gasteiger partial charge in [-0.05, 0) is 37.6 Å². The second kappa shape index (κ2) is 4.05. The highest BCUT2D eigenvalue weighted by molar-refractivity contribution is 6.52. The number of ketones is 1. The Morgan fingerprint density at radius 2 is 1.58 bits per heavy atom. The first-order chi connectivity index (χ1) is 9.08. The Hall–Kier alpha value is -2.42. The highest BCUT2D eigenvalue weighted by atomic mass is 16.5. The van der Waals surface area contributed by atoms with Crippen LogP contribution in [0.1, 0.15) is 27.0 Å². The number of aryl methyl sites for hydroxylation is 2. The Bertz CT molecular complexity index is 712. The Morgan fingerprint density at radius 1 is 0.947 bits per heavy atom. The predicted octanol–water partition coefficient (Wildman–Crippen LogP) is 3.13. The number of rotatable bonds is 1. The number of fused-ring (bicyclic) bond motifs is 1. The van der Waals surface area contributed by atoms with Crippen LogP contribution in [0.4, 0.5) is 5.69 Å². The van der Waals surface area contributed by atoms with Gasteiger partial charge in [0.2, 0.25) is 5.69 Å². The fourth-order valence-corrected chi connectivity index (χ4v) is 2.30. The molecular weight excluding hydrogens is 238 g/mol. The van der Waals surface area contributed by atoms with Crippen LogP contribution in [-0.2, 0) is 0 Å². The fraction of sp³-hybridized carbons (Fsp3) is 0.125. The van der Waals surface area contributed by atoms with Crippen LogP contribution in [0.15, 0.2) is 42.5 Å². The van der Waals surface area contributed by atoms with Crippen molar-refractivity contribution >= 4 is 17.2 Å². The van der Waals surface area contributed by atoms with Gasteiger partial charge in [-0.15, -0.1) is 0 Å². The zero-order chi connectivity index (χ0) is 13.6. The molecule has 3 nitrogen and oxygen atoms in total. The normalized spacial score (nSPS) is 13.9. The third-order valence-corrected chi connectivity index (χ3v) is 3.36. The van der Waals surface area contributed by atoms with Crippen LogP contribution < -0.4 is 0 Å². The Morgan fingerprint density at radius 3 is 2.26 bits per heavy atom. The van der Waals surface area contributed by atoms with Crippen LogP contribution in [0, 0.1) is 19.1 Å². The monoisotopic (exact) mass is 251 g/mol. The number of nitrogens with zero attached hydrogens (tertiary/aromatic N) is 1.